The molecule has 0 bridgehead atoms. The fourth-order valence-electron chi connectivity index (χ4n) is 3.11. The Morgan fingerprint density at radius 1 is 1.27 bits per heavy atom. The molecule has 1 fully saturated rings. The highest BCUT2D eigenvalue weighted by molar-refractivity contribution is 5.91. The van der Waals surface area contributed by atoms with Crippen molar-refractivity contribution in [3.63, 3.8) is 0 Å². The number of nitrogens with one attached hydrogen (secondary N) is 1. The number of rotatable bonds is 2. The molecular weight excluding hydrogens is 276 g/mol. The third-order valence-electron chi connectivity index (χ3n) is 4.36. The summed E-state index contributed by atoms with van der Waals surface area (Å²) in [6.45, 7) is 9.82. The fourth-order valence-corrected chi connectivity index (χ4v) is 3.11. The van der Waals surface area contributed by atoms with Crippen LogP contribution in [0.3, 0.4) is 0 Å². The second-order valence-corrected chi connectivity index (χ2v) is 6.13. The molecule has 2 unspecified atom stereocenters. The van der Waals surface area contributed by atoms with Gasteiger partial charge in [-0.3, -0.25) is 4.90 Å². The molecule has 2 rings (SSSR count). The van der Waals surface area contributed by atoms with Crippen molar-refractivity contribution < 1.29 is 4.79 Å². The van der Waals surface area contributed by atoms with Crippen molar-refractivity contribution in [1.29, 1.82) is 5.26 Å². The second-order valence-electron chi connectivity index (χ2n) is 6.13. The van der Waals surface area contributed by atoms with Crippen molar-refractivity contribution in [2.24, 2.45) is 0 Å². The van der Waals surface area contributed by atoms with Crippen LogP contribution in [0, 0.1) is 25.2 Å². The van der Waals surface area contributed by atoms with Crippen LogP contribution in [0.2, 0.25) is 0 Å². The summed E-state index contributed by atoms with van der Waals surface area (Å²) < 4.78 is 0. The van der Waals surface area contributed by atoms with E-state index in [1.165, 1.54) is 0 Å². The molecule has 118 valence electrons. The predicted octanol–water partition coefficient (Wildman–Crippen LogP) is 2.75. The predicted molar refractivity (Wildman–Crippen MR) is 87.8 cm³/mol. The molecule has 1 aromatic carbocycles. The lowest BCUT2D eigenvalue weighted by Gasteiger charge is -2.43. The zero-order valence-electron chi connectivity index (χ0n) is 13.8. The Hall–Kier alpha value is -2.06. The maximum atomic E-state index is 12.6. The van der Waals surface area contributed by atoms with Gasteiger partial charge in [0, 0.05) is 30.9 Å². The van der Waals surface area contributed by atoms with Crippen molar-refractivity contribution in [2.45, 2.75) is 39.8 Å². The molecule has 0 spiro atoms. The quantitative estimate of drug-likeness (QED) is 0.854. The fraction of sp³-hybridized carbons (Fsp3) is 0.529. The minimum atomic E-state index is -0.0623. The van der Waals surface area contributed by atoms with Crippen molar-refractivity contribution in [2.75, 3.05) is 25.0 Å². The Morgan fingerprint density at radius 3 is 2.32 bits per heavy atom. The van der Waals surface area contributed by atoms with Crippen LogP contribution in [0.4, 0.5) is 10.5 Å². The maximum Gasteiger partial charge on any atom is 0.321 e. The number of piperazine rings is 1. The van der Waals surface area contributed by atoms with Gasteiger partial charge in [0.15, 0.2) is 0 Å². The van der Waals surface area contributed by atoms with Crippen molar-refractivity contribution in [3.05, 3.63) is 29.3 Å². The number of carbonyl (C=O) groups excluding carboxylic acids is 1. The summed E-state index contributed by atoms with van der Waals surface area (Å²) in [5, 5.41) is 11.9. The number of benzene rings is 1. The average Bonchev–Trinajstić information content (AvgIpc) is 2.46. The molecule has 5 heteroatoms. The second kappa shape index (κ2) is 6.80. The van der Waals surface area contributed by atoms with E-state index < -0.39 is 0 Å². The van der Waals surface area contributed by atoms with Crippen LogP contribution >= 0.6 is 0 Å². The molecule has 2 atom stereocenters. The Morgan fingerprint density at radius 2 is 1.82 bits per heavy atom. The lowest BCUT2D eigenvalue weighted by Crippen LogP contribution is -2.58. The van der Waals surface area contributed by atoms with E-state index in [0.717, 1.165) is 16.8 Å². The van der Waals surface area contributed by atoms with E-state index in [9.17, 15) is 4.79 Å². The molecule has 1 heterocycles. The van der Waals surface area contributed by atoms with Crippen molar-refractivity contribution >= 4 is 11.7 Å². The van der Waals surface area contributed by atoms with Gasteiger partial charge in [-0.05, 0) is 38.8 Å². The topological polar surface area (TPSA) is 59.4 Å². The van der Waals surface area contributed by atoms with Gasteiger partial charge >= 0.3 is 6.03 Å². The first-order valence-corrected chi connectivity index (χ1v) is 7.69. The number of hydrogen-bond donors (Lipinski definition) is 1. The number of nitrogens with zero attached hydrogens (tertiary/aromatic N) is 3. The largest absolute Gasteiger partial charge is 0.321 e. The third-order valence-corrected chi connectivity index (χ3v) is 4.36. The number of para-hydroxylation sites is 1. The van der Waals surface area contributed by atoms with E-state index in [2.05, 4.69) is 30.1 Å². The summed E-state index contributed by atoms with van der Waals surface area (Å²) in [5.41, 5.74) is 3.03. The maximum absolute atomic E-state index is 12.6. The van der Waals surface area contributed by atoms with Gasteiger partial charge in [-0.1, -0.05) is 18.2 Å². The first-order chi connectivity index (χ1) is 10.4. The number of anilines is 1. The van der Waals surface area contributed by atoms with Crippen LogP contribution in [0.1, 0.15) is 25.0 Å². The van der Waals surface area contributed by atoms with E-state index in [0.29, 0.717) is 19.6 Å². The molecule has 2 amide bonds. The Balaban J connectivity index is 2.07. The summed E-state index contributed by atoms with van der Waals surface area (Å²) in [4.78, 5) is 16.5. The number of nitriles is 1. The SMILES string of the molecule is Cc1cccc(C)c1NC(=O)N1CC(C)N(CC#N)C(C)C1. The summed E-state index contributed by atoms with van der Waals surface area (Å²) >= 11 is 0. The highest BCUT2D eigenvalue weighted by Crippen LogP contribution is 2.21. The molecule has 1 aromatic rings. The van der Waals surface area contributed by atoms with E-state index in [1.807, 2.05) is 36.9 Å². The summed E-state index contributed by atoms with van der Waals surface area (Å²) in [5.74, 6) is 0. The molecule has 0 saturated carbocycles. The molecule has 1 saturated heterocycles. The van der Waals surface area contributed by atoms with Crippen LogP contribution in [-0.4, -0.2) is 47.5 Å². The number of urea groups is 1. The van der Waals surface area contributed by atoms with Crippen molar-refractivity contribution in [3.8, 4) is 6.07 Å². The lowest BCUT2D eigenvalue weighted by molar-refractivity contribution is 0.0703. The standard InChI is InChI=1S/C17H24N4O/c1-12-6-5-7-13(2)16(12)19-17(22)20-10-14(3)21(9-8-18)15(4)11-20/h5-7,14-15H,9-11H2,1-4H3,(H,19,22). The van der Waals surface area contributed by atoms with Crippen LogP contribution in [0.15, 0.2) is 18.2 Å². The third kappa shape index (κ3) is 3.40. The van der Waals surface area contributed by atoms with Crippen LogP contribution < -0.4 is 5.32 Å². The van der Waals surface area contributed by atoms with E-state index in [1.54, 1.807) is 0 Å². The number of hydrogen-bond acceptors (Lipinski definition) is 3. The minimum absolute atomic E-state index is 0.0623. The molecule has 0 radical (unpaired) electrons. The first-order valence-electron chi connectivity index (χ1n) is 7.69. The molecular formula is C17H24N4O. The van der Waals surface area contributed by atoms with Gasteiger partial charge in [0.1, 0.15) is 0 Å². The summed E-state index contributed by atoms with van der Waals surface area (Å²) in [7, 11) is 0. The highest BCUT2D eigenvalue weighted by atomic mass is 16.2. The van der Waals surface area contributed by atoms with Crippen LogP contribution in [0.25, 0.3) is 0 Å². The van der Waals surface area contributed by atoms with E-state index >= 15 is 0 Å². The van der Waals surface area contributed by atoms with Gasteiger partial charge in [0.25, 0.3) is 0 Å². The molecule has 5 nitrogen and oxygen atoms in total. The van der Waals surface area contributed by atoms with Crippen LogP contribution in [-0.2, 0) is 0 Å². The van der Waals surface area contributed by atoms with Crippen molar-refractivity contribution in [1.82, 2.24) is 9.80 Å². The zero-order valence-corrected chi connectivity index (χ0v) is 13.8. The molecule has 0 aliphatic carbocycles. The number of aryl methyl sites for hydroxylation is 2. The van der Waals surface area contributed by atoms with Gasteiger partial charge in [-0.2, -0.15) is 5.26 Å². The summed E-state index contributed by atoms with van der Waals surface area (Å²) in [6, 6.07) is 8.50. The number of carbonyl (C=O) groups is 1. The average molecular weight is 300 g/mol. The Labute approximate surface area is 132 Å². The van der Waals surface area contributed by atoms with Gasteiger partial charge in [0.2, 0.25) is 0 Å². The Bertz CT molecular complexity index is 561. The molecule has 1 aliphatic rings. The first kappa shape index (κ1) is 16.3. The molecule has 0 aromatic heterocycles. The highest BCUT2D eigenvalue weighted by Gasteiger charge is 2.31. The van der Waals surface area contributed by atoms with Crippen LogP contribution in [0.5, 0.6) is 0 Å². The monoisotopic (exact) mass is 300 g/mol. The van der Waals surface area contributed by atoms with Gasteiger partial charge in [0.05, 0.1) is 12.6 Å². The van der Waals surface area contributed by atoms with Gasteiger partial charge in [-0.15, -0.1) is 0 Å². The summed E-state index contributed by atoms with van der Waals surface area (Å²) in [6.07, 6.45) is 0. The molecule has 1 aliphatic heterocycles. The zero-order chi connectivity index (χ0) is 16.3. The van der Waals surface area contributed by atoms with Gasteiger partial charge < -0.3 is 10.2 Å². The van der Waals surface area contributed by atoms with E-state index in [-0.39, 0.29) is 18.1 Å². The lowest BCUT2D eigenvalue weighted by atomic mass is 10.1. The minimum Gasteiger partial charge on any atom is -0.321 e. The Kier molecular flexibility index (Phi) is 5.04. The number of amides is 2. The van der Waals surface area contributed by atoms with Gasteiger partial charge in [-0.25, -0.2) is 4.79 Å². The van der Waals surface area contributed by atoms with E-state index in [4.69, 9.17) is 5.26 Å². The molecule has 1 N–H and O–H groups in total. The normalized spacial score (nSPS) is 22.2. The molecule has 22 heavy (non-hydrogen) atoms. The smallest absolute Gasteiger partial charge is 0.321 e.